The minimum absolute atomic E-state index is 0.515. The molecule has 0 fully saturated rings. The Morgan fingerprint density at radius 3 is 1.07 bits per heavy atom. The van der Waals surface area contributed by atoms with E-state index in [0.717, 1.165) is 0 Å². The van der Waals surface area contributed by atoms with Crippen LogP contribution < -0.4 is 0 Å². The van der Waals surface area contributed by atoms with Crippen LogP contribution >= 0.6 is 0 Å². The summed E-state index contributed by atoms with van der Waals surface area (Å²) in [5, 5.41) is 0. The van der Waals surface area contributed by atoms with E-state index in [1.165, 1.54) is 0 Å². The molecular formula is C19H42O9Si. The number of ether oxygens (including phenoxy) is 6. The van der Waals surface area contributed by atoms with Crippen LogP contribution in [0.1, 0.15) is 20.8 Å². The maximum absolute atomic E-state index is 5.78. The number of rotatable bonds is 24. The minimum Gasteiger partial charge on any atom is -0.382 e. The maximum Gasteiger partial charge on any atom is 0.503 e. The van der Waals surface area contributed by atoms with Crippen LogP contribution in [0.15, 0.2) is 0 Å². The van der Waals surface area contributed by atoms with Gasteiger partial charge in [-0.1, -0.05) is 0 Å². The largest absolute Gasteiger partial charge is 0.503 e. The molecule has 0 heterocycles. The first-order valence-electron chi connectivity index (χ1n) is 10.5. The third kappa shape index (κ3) is 18.4. The highest BCUT2D eigenvalue weighted by atomic mass is 28.4. The van der Waals surface area contributed by atoms with Crippen molar-refractivity contribution in [3.8, 4) is 0 Å². The average Bonchev–Trinajstić information content (AvgIpc) is 2.71. The van der Waals surface area contributed by atoms with Gasteiger partial charge in [-0.05, 0) is 20.8 Å². The molecule has 0 unspecified atom stereocenters. The second kappa shape index (κ2) is 22.5. The van der Waals surface area contributed by atoms with Crippen molar-refractivity contribution >= 4 is 8.80 Å². The van der Waals surface area contributed by atoms with E-state index in [4.69, 9.17) is 41.7 Å². The van der Waals surface area contributed by atoms with E-state index >= 15 is 0 Å². The van der Waals surface area contributed by atoms with Crippen molar-refractivity contribution in [3.63, 3.8) is 0 Å². The van der Waals surface area contributed by atoms with Crippen molar-refractivity contribution in [2.75, 3.05) is 99.6 Å². The van der Waals surface area contributed by atoms with Gasteiger partial charge >= 0.3 is 8.80 Å². The Balaban J connectivity index is 3.43. The van der Waals surface area contributed by atoms with Crippen molar-refractivity contribution in [3.05, 3.63) is 0 Å². The minimum atomic E-state index is -2.62. The Labute approximate surface area is 177 Å². The first-order valence-corrected chi connectivity index (χ1v) is 12.5. The summed E-state index contributed by atoms with van der Waals surface area (Å²) in [5.41, 5.74) is 0. The lowest BCUT2D eigenvalue weighted by molar-refractivity contribution is -0.0149. The molecule has 176 valence electrons. The average molecular weight is 443 g/mol. The summed E-state index contributed by atoms with van der Waals surface area (Å²) in [6.45, 7) is 13.6. The molecule has 0 aliphatic rings. The van der Waals surface area contributed by atoms with Gasteiger partial charge in [-0.3, -0.25) is 0 Å². The normalized spacial score (nSPS) is 12.0. The molecule has 10 heteroatoms. The Kier molecular flexibility index (Phi) is 22.4. The van der Waals surface area contributed by atoms with Gasteiger partial charge < -0.3 is 41.7 Å². The van der Waals surface area contributed by atoms with Gasteiger partial charge in [0.2, 0.25) is 0 Å². The first kappa shape index (κ1) is 28.9. The Morgan fingerprint density at radius 1 is 0.448 bits per heavy atom. The van der Waals surface area contributed by atoms with E-state index in [2.05, 4.69) is 0 Å². The lowest BCUT2D eigenvalue weighted by Gasteiger charge is -2.28. The highest BCUT2D eigenvalue weighted by Crippen LogP contribution is 2.15. The van der Waals surface area contributed by atoms with Crippen molar-refractivity contribution in [2.45, 2.75) is 26.8 Å². The summed E-state index contributed by atoms with van der Waals surface area (Å²) in [6.07, 6.45) is 0. The van der Waals surface area contributed by atoms with Crippen LogP contribution in [0.4, 0.5) is 0 Å². The van der Waals surface area contributed by atoms with Crippen LogP contribution in [0, 0.1) is 0 Å². The molecular weight excluding hydrogens is 400 g/mol. The SMILES string of the molecule is CCO[Si](CCOCCOCCOCCOCCOCCOC)(OCC)OCC. The third-order valence-electron chi connectivity index (χ3n) is 3.57. The lowest BCUT2D eigenvalue weighted by Crippen LogP contribution is -2.46. The van der Waals surface area contributed by atoms with Crippen molar-refractivity contribution in [2.24, 2.45) is 0 Å². The number of hydrogen-bond donors (Lipinski definition) is 0. The Morgan fingerprint density at radius 2 is 0.759 bits per heavy atom. The molecule has 0 amide bonds. The van der Waals surface area contributed by atoms with Gasteiger partial charge in [0.1, 0.15) is 0 Å². The van der Waals surface area contributed by atoms with Crippen LogP contribution in [0.3, 0.4) is 0 Å². The summed E-state index contributed by atoms with van der Waals surface area (Å²) in [6, 6.07) is 0.642. The fraction of sp³-hybridized carbons (Fsp3) is 1.00. The summed E-state index contributed by atoms with van der Waals surface area (Å²) in [7, 11) is -0.967. The molecule has 0 saturated carbocycles. The van der Waals surface area contributed by atoms with Crippen LogP contribution in [0.2, 0.25) is 6.04 Å². The van der Waals surface area contributed by atoms with Crippen molar-refractivity contribution in [1.82, 2.24) is 0 Å². The summed E-state index contributed by atoms with van der Waals surface area (Å²) in [5.74, 6) is 0. The molecule has 0 aromatic heterocycles. The number of hydrogen-bond acceptors (Lipinski definition) is 9. The van der Waals surface area contributed by atoms with Crippen molar-refractivity contribution < 1.29 is 41.7 Å². The zero-order chi connectivity index (χ0) is 21.5. The predicted molar refractivity (Wildman–Crippen MR) is 111 cm³/mol. The lowest BCUT2D eigenvalue weighted by atomic mass is 10.7. The highest BCUT2D eigenvalue weighted by Gasteiger charge is 2.39. The molecule has 0 N–H and O–H groups in total. The van der Waals surface area contributed by atoms with Crippen LogP contribution in [-0.4, -0.2) is 108 Å². The first-order chi connectivity index (χ1) is 14.2. The number of methoxy groups -OCH3 is 1. The van der Waals surface area contributed by atoms with Gasteiger partial charge in [-0.15, -0.1) is 0 Å². The zero-order valence-electron chi connectivity index (χ0n) is 18.8. The topological polar surface area (TPSA) is 83.1 Å². The quantitative estimate of drug-likeness (QED) is 0.164. The van der Waals surface area contributed by atoms with Crippen LogP contribution in [0.5, 0.6) is 0 Å². The third-order valence-corrected chi connectivity index (χ3v) is 6.57. The van der Waals surface area contributed by atoms with E-state index in [9.17, 15) is 0 Å². The molecule has 0 bridgehead atoms. The smallest absolute Gasteiger partial charge is 0.382 e. The molecule has 0 aliphatic carbocycles. The molecule has 9 nitrogen and oxygen atoms in total. The maximum atomic E-state index is 5.78. The van der Waals surface area contributed by atoms with E-state index < -0.39 is 8.80 Å². The second-order valence-corrected chi connectivity index (χ2v) is 8.52. The van der Waals surface area contributed by atoms with E-state index in [1.807, 2.05) is 20.8 Å². The molecule has 0 saturated heterocycles. The van der Waals surface area contributed by atoms with Gasteiger partial charge in [-0.25, -0.2) is 0 Å². The molecule has 0 aliphatic heterocycles. The fourth-order valence-corrected chi connectivity index (χ4v) is 4.72. The monoisotopic (exact) mass is 442 g/mol. The summed E-state index contributed by atoms with van der Waals surface area (Å²) in [4.78, 5) is 0. The molecule has 0 radical (unpaired) electrons. The molecule has 29 heavy (non-hydrogen) atoms. The standard InChI is InChI=1S/C19H42O9Si/c1-5-26-29(27-6-2,28-7-3)19-18-25-17-16-24-15-14-23-13-12-22-11-10-21-9-8-20-4/h5-19H2,1-4H3. The van der Waals surface area contributed by atoms with Gasteiger partial charge in [0.05, 0.1) is 72.7 Å². The predicted octanol–water partition coefficient (Wildman–Crippen LogP) is 1.76. The second-order valence-electron chi connectivity index (χ2n) is 5.79. The zero-order valence-corrected chi connectivity index (χ0v) is 19.8. The van der Waals surface area contributed by atoms with Crippen molar-refractivity contribution in [1.29, 1.82) is 0 Å². The molecule has 0 rings (SSSR count). The van der Waals surface area contributed by atoms with Gasteiger partial charge in [-0.2, -0.15) is 0 Å². The van der Waals surface area contributed by atoms with Crippen LogP contribution in [-0.2, 0) is 41.7 Å². The fourth-order valence-electron chi connectivity index (χ4n) is 2.32. The van der Waals surface area contributed by atoms with Crippen LogP contribution in [0.25, 0.3) is 0 Å². The Hall–Kier alpha value is -0.143. The Bertz CT molecular complexity index is 307. The van der Waals surface area contributed by atoms with E-state index in [-0.39, 0.29) is 0 Å². The van der Waals surface area contributed by atoms with E-state index in [1.54, 1.807) is 7.11 Å². The summed E-state index contributed by atoms with van der Waals surface area (Å²) >= 11 is 0. The van der Waals surface area contributed by atoms with Gasteiger partial charge in [0.25, 0.3) is 0 Å². The molecule has 0 aromatic carbocycles. The van der Waals surface area contributed by atoms with E-state index in [0.29, 0.717) is 98.5 Å². The van der Waals surface area contributed by atoms with Gasteiger partial charge in [0.15, 0.2) is 0 Å². The summed E-state index contributed by atoms with van der Waals surface area (Å²) < 4.78 is 49.5. The van der Waals surface area contributed by atoms with Gasteiger partial charge in [0, 0.05) is 33.0 Å². The molecule has 0 aromatic rings. The molecule has 0 atom stereocenters. The highest BCUT2D eigenvalue weighted by molar-refractivity contribution is 6.60. The molecule has 0 spiro atoms.